The highest BCUT2D eigenvalue weighted by Gasteiger charge is 2.22. The van der Waals surface area contributed by atoms with Crippen molar-refractivity contribution in [3.8, 4) is 11.3 Å². The molecule has 0 bridgehead atoms. The number of benzene rings is 2. The molecule has 0 fully saturated rings. The Labute approximate surface area is 187 Å². The molecule has 0 aliphatic heterocycles. The fourth-order valence-electron chi connectivity index (χ4n) is 3.60. The van der Waals surface area contributed by atoms with E-state index in [0.717, 1.165) is 41.0 Å². The summed E-state index contributed by atoms with van der Waals surface area (Å²) in [5.74, 6) is 2.44. The van der Waals surface area contributed by atoms with E-state index in [1.54, 1.807) is 11.8 Å². The van der Waals surface area contributed by atoms with E-state index in [-0.39, 0.29) is 6.04 Å². The third-order valence-corrected chi connectivity index (χ3v) is 6.20. The zero-order valence-electron chi connectivity index (χ0n) is 18.1. The minimum absolute atomic E-state index is 0.210. The van der Waals surface area contributed by atoms with E-state index < -0.39 is 0 Å². The number of rotatable bonds is 9. The third kappa shape index (κ3) is 5.06. The first-order chi connectivity index (χ1) is 15.2. The van der Waals surface area contributed by atoms with Gasteiger partial charge < -0.3 is 9.09 Å². The van der Waals surface area contributed by atoms with Crippen LogP contribution in [0.3, 0.4) is 0 Å². The second-order valence-electron chi connectivity index (χ2n) is 7.64. The Bertz CT molecular complexity index is 1090. The van der Waals surface area contributed by atoms with Gasteiger partial charge in [0.05, 0.1) is 18.3 Å². The maximum absolute atomic E-state index is 5.54. The molecule has 2 aromatic carbocycles. The Kier molecular flexibility index (Phi) is 6.84. The molecule has 31 heavy (non-hydrogen) atoms. The van der Waals surface area contributed by atoms with Crippen LogP contribution in [-0.2, 0) is 12.3 Å². The van der Waals surface area contributed by atoms with Crippen molar-refractivity contribution in [2.24, 2.45) is 0 Å². The molecule has 160 valence electrons. The lowest BCUT2D eigenvalue weighted by molar-refractivity contribution is 0.272. The molecule has 1 atom stereocenters. The molecule has 6 nitrogen and oxygen atoms in total. The fourth-order valence-corrected chi connectivity index (χ4v) is 4.43. The second kappa shape index (κ2) is 9.94. The predicted molar refractivity (Wildman–Crippen MR) is 124 cm³/mol. The fraction of sp³-hybridized carbons (Fsp3) is 0.292. The van der Waals surface area contributed by atoms with Gasteiger partial charge >= 0.3 is 0 Å². The lowest BCUT2D eigenvalue weighted by atomic mass is 10.2. The van der Waals surface area contributed by atoms with E-state index in [1.165, 1.54) is 5.56 Å². The molecular formula is C24H27N5OS. The van der Waals surface area contributed by atoms with Gasteiger partial charge in [-0.25, -0.2) is 0 Å². The van der Waals surface area contributed by atoms with Crippen molar-refractivity contribution in [3.05, 3.63) is 83.8 Å². The summed E-state index contributed by atoms with van der Waals surface area (Å²) in [5.41, 5.74) is 3.14. The van der Waals surface area contributed by atoms with Gasteiger partial charge in [0.2, 0.25) is 0 Å². The highest BCUT2D eigenvalue weighted by molar-refractivity contribution is 7.98. The van der Waals surface area contributed by atoms with Crippen LogP contribution in [0.25, 0.3) is 11.3 Å². The van der Waals surface area contributed by atoms with Crippen molar-refractivity contribution in [3.63, 3.8) is 0 Å². The van der Waals surface area contributed by atoms with Crippen LogP contribution in [-0.4, -0.2) is 38.9 Å². The summed E-state index contributed by atoms with van der Waals surface area (Å²) in [5, 5.41) is 14.2. The lowest BCUT2D eigenvalue weighted by Gasteiger charge is -2.23. The molecule has 2 aromatic heterocycles. The standard InChI is InChI=1S/C24H27N5OS/c1-4-21(28(2)3)23-25-26-24(29(23)16-18-11-7-5-8-12-18)31-17-20-15-22(30-27-20)19-13-9-6-10-14-19/h5-15,21H,4,16-17H2,1-3H3. The summed E-state index contributed by atoms with van der Waals surface area (Å²) >= 11 is 1.64. The predicted octanol–water partition coefficient (Wildman–Crippen LogP) is 5.29. The molecule has 4 rings (SSSR count). The summed E-state index contributed by atoms with van der Waals surface area (Å²) in [4.78, 5) is 2.20. The van der Waals surface area contributed by atoms with Crippen molar-refractivity contribution in [2.75, 3.05) is 14.1 Å². The number of nitrogens with zero attached hydrogens (tertiary/aromatic N) is 5. The molecule has 0 aliphatic carbocycles. The van der Waals surface area contributed by atoms with Gasteiger partial charge in [0.25, 0.3) is 0 Å². The SMILES string of the molecule is CCC(c1nnc(SCc2cc(-c3ccccc3)on2)n1Cc1ccccc1)N(C)C. The lowest BCUT2D eigenvalue weighted by Crippen LogP contribution is -2.23. The van der Waals surface area contributed by atoms with Crippen molar-refractivity contribution in [2.45, 2.75) is 36.8 Å². The molecule has 4 aromatic rings. The van der Waals surface area contributed by atoms with Gasteiger partial charge in [-0.15, -0.1) is 10.2 Å². The van der Waals surface area contributed by atoms with Gasteiger partial charge in [0, 0.05) is 17.4 Å². The zero-order valence-corrected chi connectivity index (χ0v) is 18.9. The Morgan fingerprint density at radius 2 is 1.71 bits per heavy atom. The van der Waals surface area contributed by atoms with Gasteiger partial charge in [0.1, 0.15) is 0 Å². The molecule has 0 spiro atoms. The highest BCUT2D eigenvalue weighted by Crippen LogP contribution is 2.29. The summed E-state index contributed by atoms with van der Waals surface area (Å²) in [6.07, 6.45) is 0.967. The molecule has 0 N–H and O–H groups in total. The molecule has 2 heterocycles. The van der Waals surface area contributed by atoms with Crippen LogP contribution in [0.4, 0.5) is 0 Å². The van der Waals surface area contributed by atoms with Crippen LogP contribution in [0.2, 0.25) is 0 Å². The summed E-state index contributed by atoms with van der Waals surface area (Å²) in [6.45, 7) is 2.92. The number of thioether (sulfide) groups is 1. The van der Waals surface area contributed by atoms with Crippen molar-refractivity contribution >= 4 is 11.8 Å². The number of hydrogen-bond donors (Lipinski definition) is 0. The Morgan fingerprint density at radius 3 is 2.39 bits per heavy atom. The summed E-state index contributed by atoms with van der Waals surface area (Å²) < 4.78 is 7.77. The normalized spacial score (nSPS) is 12.4. The van der Waals surface area contributed by atoms with Crippen molar-refractivity contribution < 1.29 is 4.52 Å². The highest BCUT2D eigenvalue weighted by atomic mass is 32.2. The molecule has 0 saturated heterocycles. The van der Waals surface area contributed by atoms with Gasteiger partial charge in [0.15, 0.2) is 16.7 Å². The van der Waals surface area contributed by atoms with Gasteiger partial charge in [-0.3, -0.25) is 4.90 Å². The molecule has 7 heteroatoms. The van der Waals surface area contributed by atoms with E-state index >= 15 is 0 Å². The van der Waals surface area contributed by atoms with E-state index in [4.69, 9.17) is 4.52 Å². The van der Waals surface area contributed by atoms with E-state index in [1.807, 2.05) is 42.5 Å². The average Bonchev–Trinajstić information content (AvgIpc) is 3.42. The van der Waals surface area contributed by atoms with Crippen LogP contribution in [0.1, 0.15) is 36.5 Å². The van der Waals surface area contributed by atoms with Gasteiger partial charge in [-0.1, -0.05) is 84.5 Å². The molecule has 0 saturated carbocycles. The monoisotopic (exact) mass is 433 g/mol. The average molecular weight is 434 g/mol. The first-order valence-corrected chi connectivity index (χ1v) is 11.4. The Morgan fingerprint density at radius 1 is 1.00 bits per heavy atom. The van der Waals surface area contributed by atoms with Crippen molar-refractivity contribution in [1.29, 1.82) is 0 Å². The van der Waals surface area contributed by atoms with Crippen LogP contribution < -0.4 is 0 Å². The quantitative estimate of drug-likeness (QED) is 0.334. The van der Waals surface area contributed by atoms with Crippen LogP contribution >= 0.6 is 11.8 Å². The topological polar surface area (TPSA) is 60.0 Å². The molecule has 1 unspecified atom stereocenters. The first kappa shape index (κ1) is 21.3. The third-order valence-electron chi connectivity index (χ3n) is 5.20. The maximum atomic E-state index is 5.54. The van der Waals surface area contributed by atoms with Gasteiger partial charge in [-0.05, 0) is 26.1 Å². The zero-order chi connectivity index (χ0) is 21.6. The first-order valence-electron chi connectivity index (χ1n) is 10.4. The maximum Gasteiger partial charge on any atom is 0.191 e. The molecular weight excluding hydrogens is 406 g/mol. The molecule has 0 aliphatic rings. The molecule has 0 radical (unpaired) electrons. The van der Waals surface area contributed by atoms with Crippen LogP contribution in [0.15, 0.2) is 76.4 Å². The largest absolute Gasteiger partial charge is 0.356 e. The minimum Gasteiger partial charge on any atom is -0.356 e. The summed E-state index contributed by atoms with van der Waals surface area (Å²) in [6, 6.07) is 22.7. The van der Waals surface area contributed by atoms with E-state index in [2.05, 4.69) is 70.1 Å². The summed E-state index contributed by atoms with van der Waals surface area (Å²) in [7, 11) is 4.17. The van der Waals surface area contributed by atoms with Crippen LogP contribution in [0, 0.1) is 0 Å². The van der Waals surface area contributed by atoms with Gasteiger partial charge in [-0.2, -0.15) is 0 Å². The number of hydrogen-bond acceptors (Lipinski definition) is 6. The van der Waals surface area contributed by atoms with Crippen LogP contribution in [0.5, 0.6) is 0 Å². The minimum atomic E-state index is 0.210. The Hall–Kier alpha value is -2.90. The van der Waals surface area contributed by atoms with Crippen molar-refractivity contribution in [1.82, 2.24) is 24.8 Å². The molecule has 0 amide bonds. The number of aromatic nitrogens is 4. The smallest absolute Gasteiger partial charge is 0.191 e. The van der Waals surface area contributed by atoms with E-state index in [9.17, 15) is 0 Å². The van der Waals surface area contributed by atoms with E-state index in [0.29, 0.717) is 5.75 Å². The second-order valence-corrected chi connectivity index (χ2v) is 8.58. The Balaban J connectivity index is 1.56.